The summed E-state index contributed by atoms with van der Waals surface area (Å²) in [5.41, 5.74) is 5.51. The van der Waals surface area contributed by atoms with Gasteiger partial charge in [0.2, 0.25) is 5.91 Å². The normalized spacial score (nSPS) is 12.4. The lowest BCUT2D eigenvalue weighted by Crippen LogP contribution is -2.30. The van der Waals surface area contributed by atoms with Crippen LogP contribution in [-0.2, 0) is 11.2 Å². The number of nitrogens with two attached hydrogens (primary N) is 1. The highest BCUT2D eigenvalue weighted by Crippen LogP contribution is 2.06. The largest absolute Gasteiger partial charge is 0.469 e. The molecular formula is C13H22N2O2. The quantitative estimate of drug-likeness (QED) is 0.724. The van der Waals surface area contributed by atoms with E-state index in [1.165, 1.54) is 0 Å². The summed E-state index contributed by atoms with van der Waals surface area (Å²) in [6.07, 6.45) is 4.78. The lowest BCUT2D eigenvalue weighted by atomic mass is 10.0. The maximum Gasteiger partial charge on any atom is 0.220 e. The number of aryl methyl sites for hydroxylation is 1. The van der Waals surface area contributed by atoms with Gasteiger partial charge in [0, 0.05) is 19.4 Å². The Labute approximate surface area is 103 Å². The topological polar surface area (TPSA) is 68.3 Å². The van der Waals surface area contributed by atoms with Crippen LogP contribution in [0.15, 0.2) is 22.8 Å². The van der Waals surface area contributed by atoms with Crippen LogP contribution in [0.3, 0.4) is 0 Å². The van der Waals surface area contributed by atoms with Gasteiger partial charge in [-0.2, -0.15) is 0 Å². The van der Waals surface area contributed by atoms with Gasteiger partial charge in [0.25, 0.3) is 0 Å². The molecule has 0 spiro atoms. The van der Waals surface area contributed by atoms with Gasteiger partial charge in [0.05, 0.1) is 6.26 Å². The van der Waals surface area contributed by atoms with Gasteiger partial charge in [-0.25, -0.2) is 0 Å². The van der Waals surface area contributed by atoms with Crippen molar-refractivity contribution < 1.29 is 9.21 Å². The molecule has 1 rings (SSSR count). The van der Waals surface area contributed by atoms with E-state index in [-0.39, 0.29) is 5.91 Å². The van der Waals surface area contributed by atoms with E-state index in [1.807, 2.05) is 12.1 Å². The minimum Gasteiger partial charge on any atom is -0.469 e. The first kappa shape index (κ1) is 13.8. The van der Waals surface area contributed by atoms with E-state index in [4.69, 9.17) is 10.2 Å². The molecule has 96 valence electrons. The minimum absolute atomic E-state index is 0.0804. The molecule has 1 aromatic rings. The van der Waals surface area contributed by atoms with Crippen LogP contribution < -0.4 is 11.1 Å². The Morgan fingerprint density at radius 3 is 3.00 bits per heavy atom. The number of carbonyl (C=O) groups excluding carboxylic acids is 1. The van der Waals surface area contributed by atoms with Crippen molar-refractivity contribution in [2.45, 2.75) is 32.6 Å². The molecule has 1 heterocycles. The van der Waals surface area contributed by atoms with Gasteiger partial charge in [-0.05, 0) is 31.0 Å². The van der Waals surface area contributed by atoms with Crippen molar-refractivity contribution in [2.24, 2.45) is 11.7 Å². The summed E-state index contributed by atoms with van der Waals surface area (Å²) in [4.78, 5) is 11.6. The number of rotatable bonds is 8. The fourth-order valence-electron chi connectivity index (χ4n) is 1.72. The molecule has 3 N–H and O–H groups in total. The van der Waals surface area contributed by atoms with Crippen molar-refractivity contribution in [1.29, 1.82) is 0 Å². The van der Waals surface area contributed by atoms with E-state index >= 15 is 0 Å². The number of hydrogen-bond acceptors (Lipinski definition) is 3. The average molecular weight is 238 g/mol. The Morgan fingerprint density at radius 1 is 1.59 bits per heavy atom. The van der Waals surface area contributed by atoms with Crippen molar-refractivity contribution in [3.63, 3.8) is 0 Å². The molecule has 1 atom stereocenters. The molecule has 0 aliphatic rings. The Bertz CT molecular complexity index is 309. The molecular weight excluding hydrogens is 216 g/mol. The van der Waals surface area contributed by atoms with Crippen molar-refractivity contribution >= 4 is 5.91 Å². The average Bonchev–Trinajstić information content (AvgIpc) is 2.85. The van der Waals surface area contributed by atoms with Crippen molar-refractivity contribution in [3.8, 4) is 0 Å². The molecule has 1 aromatic heterocycles. The van der Waals surface area contributed by atoms with Gasteiger partial charge in [-0.3, -0.25) is 4.79 Å². The summed E-state index contributed by atoms with van der Waals surface area (Å²) in [5, 5.41) is 2.94. The van der Waals surface area contributed by atoms with E-state index in [1.54, 1.807) is 6.26 Å². The predicted molar refractivity (Wildman–Crippen MR) is 67.5 cm³/mol. The second-order valence-electron chi connectivity index (χ2n) is 4.24. The first-order valence-corrected chi connectivity index (χ1v) is 6.25. The number of hydrogen-bond donors (Lipinski definition) is 2. The number of carbonyl (C=O) groups is 1. The molecule has 0 saturated carbocycles. The highest BCUT2D eigenvalue weighted by Gasteiger charge is 2.08. The summed E-state index contributed by atoms with van der Waals surface area (Å²) >= 11 is 0. The second kappa shape index (κ2) is 7.90. The van der Waals surface area contributed by atoms with Gasteiger partial charge in [0.15, 0.2) is 0 Å². The van der Waals surface area contributed by atoms with Gasteiger partial charge in [0.1, 0.15) is 5.76 Å². The van der Waals surface area contributed by atoms with Crippen LogP contribution in [0.25, 0.3) is 0 Å². The van der Waals surface area contributed by atoms with Gasteiger partial charge >= 0.3 is 0 Å². The molecule has 0 saturated heterocycles. The summed E-state index contributed by atoms with van der Waals surface area (Å²) < 4.78 is 5.17. The van der Waals surface area contributed by atoms with Crippen LogP contribution in [0.2, 0.25) is 0 Å². The zero-order valence-corrected chi connectivity index (χ0v) is 10.4. The third-order valence-electron chi connectivity index (χ3n) is 2.92. The summed E-state index contributed by atoms with van der Waals surface area (Å²) in [5.74, 6) is 1.43. The molecule has 4 heteroatoms. The highest BCUT2D eigenvalue weighted by atomic mass is 16.3. The van der Waals surface area contributed by atoms with Crippen LogP contribution in [0.1, 0.15) is 31.9 Å². The molecule has 0 bridgehead atoms. The summed E-state index contributed by atoms with van der Waals surface area (Å²) in [7, 11) is 0. The fourth-order valence-corrected chi connectivity index (χ4v) is 1.72. The third kappa shape index (κ3) is 5.54. The first-order chi connectivity index (χ1) is 8.26. The van der Waals surface area contributed by atoms with Crippen LogP contribution in [0.4, 0.5) is 0 Å². The molecule has 1 unspecified atom stereocenters. The van der Waals surface area contributed by atoms with E-state index in [0.29, 0.717) is 25.3 Å². The maximum atomic E-state index is 11.6. The Morgan fingerprint density at radius 2 is 2.41 bits per heavy atom. The number of amides is 1. The third-order valence-corrected chi connectivity index (χ3v) is 2.92. The molecule has 0 aliphatic heterocycles. The zero-order valence-electron chi connectivity index (χ0n) is 10.4. The maximum absolute atomic E-state index is 11.6. The second-order valence-corrected chi connectivity index (χ2v) is 4.24. The molecule has 0 radical (unpaired) electrons. The Kier molecular flexibility index (Phi) is 6.40. The zero-order chi connectivity index (χ0) is 12.5. The molecule has 0 fully saturated rings. The minimum atomic E-state index is 0.0804. The standard InChI is InChI=1S/C13H22N2O2/c1-2-11(7-8-14)10-15-13(16)6-5-12-4-3-9-17-12/h3-4,9,11H,2,5-8,10,14H2,1H3,(H,15,16). The molecule has 1 amide bonds. The van der Waals surface area contributed by atoms with E-state index < -0.39 is 0 Å². The first-order valence-electron chi connectivity index (χ1n) is 6.25. The van der Waals surface area contributed by atoms with Crippen molar-refractivity contribution in [2.75, 3.05) is 13.1 Å². The fraction of sp³-hybridized carbons (Fsp3) is 0.615. The van der Waals surface area contributed by atoms with Gasteiger partial charge < -0.3 is 15.5 Å². The summed E-state index contributed by atoms with van der Waals surface area (Å²) in [6, 6.07) is 3.72. The van der Waals surface area contributed by atoms with Crippen LogP contribution in [0, 0.1) is 5.92 Å². The van der Waals surface area contributed by atoms with E-state index in [2.05, 4.69) is 12.2 Å². The molecule has 17 heavy (non-hydrogen) atoms. The predicted octanol–water partition coefficient (Wildman–Crippen LogP) is 1.70. The lowest BCUT2D eigenvalue weighted by molar-refractivity contribution is -0.121. The van der Waals surface area contributed by atoms with E-state index in [0.717, 1.165) is 25.1 Å². The number of furan rings is 1. The molecule has 0 aliphatic carbocycles. The Balaban J connectivity index is 2.16. The van der Waals surface area contributed by atoms with Gasteiger partial charge in [-0.1, -0.05) is 13.3 Å². The lowest BCUT2D eigenvalue weighted by Gasteiger charge is -2.14. The van der Waals surface area contributed by atoms with E-state index in [9.17, 15) is 4.79 Å². The SMILES string of the molecule is CCC(CCN)CNC(=O)CCc1ccco1. The summed E-state index contributed by atoms with van der Waals surface area (Å²) in [6.45, 7) is 3.53. The van der Waals surface area contributed by atoms with Crippen molar-refractivity contribution in [1.82, 2.24) is 5.32 Å². The molecule has 4 nitrogen and oxygen atoms in total. The molecule has 0 aromatic carbocycles. The smallest absolute Gasteiger partial charge is 0.220 e. The monoisotopic (exact) mass is 238 g/mol. The van der Waals surface area contributed by atoms with Crippen molar-refractivity contribution in [3.05, 3.63) is 24.2 Å². The number of nitrogens with one attached hydrogen (secondary N) is 1. The van der Waals surface area contributed by atoms with Gasteiger partial charge in [-0.15, -0.1) is 0 Å². The Hall–Kier alpha value is -1.29. The van der Waals surface area contributed by atoms with Crippen LogP contribution in [-0.4, -0.2) is 19.0 Å². The highest BCUT2D eigenvalue weighted by molar-refractivity contribution is 5.76. The van der Waals surface area contributed by atoms with Crippen LogP contribution >= 0.6 is 0 Å². The van der Waals surface area contributed by atoms with Crippen LogP contribution in [0.5, 0.6) is 0 Å².